The molecule has 0 radical (unpaired) electrons. The number of carbonyl (C=O) groups is 1. The molecule has 25 heavy (non-hydrogen) atoms. The number of nitrogens with zero attached hydrogens (tertiary/aromatic N) is 5. The van der Waals surface area contributed by atoms with Crippen LogP contribution in [0.5, 0.6) is 0 Å². The number of hydrogen-bond donors (Lipinski definition) is 0. The van der Waals surface area contributed by atoms with Gasteiger partial charge in [0.15, 0.2) is 0 Å². The molecule has 1 unspecified atom stereocenters. The number of aryl methyl sites for hydroxylation is 1. The van der Waals surface area contributed by atoms with E-state index in [-0.39, 0.29) is 24.7 Å². The molecular formula is C16H17ClFN5O2. The largest absolute Gasteiger partial charge is 0.346 e. The van der Waals surface area contributed by atoms with Crippen molar-refractivity contribution in [1.82, 2.24) is 24.2 Å². The van der Waals surface area contributed by atoms with Crippen LogP contribution in [0.4, 0.5) is 4.39 Å². The first-order valence-electron chi connectivity index (χ1n) is 8.24. The topological polar surface area (TPSA) is 73.0 Å². The lowest BCUT2D eigenvalue weighted by atomic mass is 10.2. The molecule has 1 saturated heterocycles. The van der Waals surface area contributed by atoms with E-state index in [1.807, 2.05) is 0 Å². The summed E-state index contributed by atoms with van der Waals surface area (Å²) in [6, 6.07) is 2.85. The summed E-state index contributed by atoms with van der Waals surface area (Å²) in [5.74, 6) is 0.412. The van der Waals surface area contributed by atoms with Gasteiger partial charge in [-0.2, -0.15) is 5.10 Å². The van der Waals surface area contributed by atoms with Crippen LogP contribution in [0.15, 0.2) is 23.1 Å². The summed E-state index contributed by atoms with van der Waals surface area (Å²) >= 11 is 5.77. The SMILES string of the molecule is O=C(C1CCc2nn(Cc3ccc(Cl)nc3)c(=O)n21)N1CC[C@H](F)C1. The zero-order valence-corrected chi connectivity index (χ0v) is 14.2. The molecule has 0 bridgehead atoms. The van der Waals surface area contributed by atoms with Gasteiger partial charge < -0.3 is 4.90 Å². The van der Waals surface area contributed by atoms with E-state index in [0.717, 1.165) is 5.56 Å². The number of likely N-dealkylation sites (tertiary alicyclic amines) is 1. The summed E-state index contributed by atoms with van der Waals surface area (Å²) in [5.41, 5.74) is 0.475. The molecule has 4 rings (SSSR count). The van der Waals surface area contributed by atoms with E-state index < -0.39 is 12.2 Å². The van der Waals surface area contributed by atoms with Crippen LogP contribution >= 0.6 is 11.6 Å². The lowest BCUT2D eigenvalue weighted by Gasteiger charge is -2.20. The summed E-state index contributed by atoms with van der Waals surface area (Å²) < 4.78 is 16.2. The zero-order chi connectivity index (χ0) is 17.6. The number of halogens is 2. The van der Waals surface area contributed by atoms with Crippen molar-refractivity contribution >= 4 is 17.5 Å². The van der Waals surface area contributed by atoms with E-state index in [1.165, 1.54) is 14.1 Å². The average Bonchev–Trinajstić information content (AvgIpc) is 3.27. The Kier molecular flexibility index (Phi) is 4.07. The molecule has 132 valence electrons. The fraction of sp³-hybridized carbons (Fsp3) is 0.500. The van der Waals surface area contributed by atoms with Gasteiger partial charge in [-0.1, -0.05) is 17.7 Å². The molecule has 2 aromatic rings. The number of carbonyl (C=O) groups excluding carboxylic acids is 1. The second-order valence-electron chi connectivity index (χ2n) is 6.44. The van der Waals surface area contributed by atoms with Crippen LogP contribution in [0, 0.1) is 0 Å². The predicted octanol–water partition coefficient (Wildman–Crippen LogP) is 1.20. The van der Waals surface area contributed by atoms with E-state index in [4.69, 9.17) is 11.6 Å². The van der Waals surface area contributed by atoms with Crippen LogP contribution in [0.2, 0.25) is 5.15 Å². The minimum Gasteiger partial charge on any atom is -0.338 e. The Balaban J connectivity index is 1.58. The molecule has 4 heterocycles. The van der Waals surface area contributed by atoms with Gasteiger partial charge in [-0.15, -0.1) is 0 Å². The monoisotopic (exact) mass is 365 g/mol. The second kappa shape index (κ2) is 6.25. The Bertz CT molecular complexity index is 862. The Morgan fingerprint density at radius 3 is 2.88 bits per heavy atom. The molecule has 0 aliphatic carbocycles. The molecule has 2 aliphatic rings. The Morgan fingerprint density at radius 2 is 2.20 bits per heavy atom. The first kappa shape index (κ1) is 16.3. The molecule has 0 N–H and O–H groups in total. The van der Waals surface area contributed by atoms with Gasteiger partial charge in [0.2, 0.25) is 5.91 Å². The third-order valence-electron chi connectivity index (χ3n) is 4.74. The van der Waals surface area contributed by atoms with Crippen molar-refractivity contribution in [2.45, 2.75) is 38.0 Å². The normalized spacial score (nSPS) is 22.4. The number of alkyl halides is 1. The summed E-state index contributed by atoms with van der Waals surface area (Å²) in [6.07, 6.45) is 2.08. The highest BCUT2D eigenvalue weighted by Crippen LogP contribution is 2.26. The predicted molar refractivity (Wildman–Crippen MR) is 88.3 cm³/mol. The number of hydrogen-bond acceptors (Lipinski definition) is 4. The fourth-order valence-electron chi connectivity index (χ4n) is 3.48. The highest BCUT2D eigenvalue weighted by molar-refractivity contribution is 6.29. The summed E-state index contributed by atoms with van der Waals surface area (Å²) in [6.45, 7) is 0.787. The van der Waals surface area contributed by atoms with Crippen LogP contribution in [0.3, 0.4) is 0 Å². The maximum Gasteiger partial charge on any atom is 0.346 e. The summed E-state index contributed by atoms with van der Waals surface area (Å²) in [5, 5.41) is 4.72. The molecule has 0 spiro atoms. The zero-order valence-electron chi connectivity index (χ0n) is 13.4. The molecule has 0 aromatic carbocycles. The van der Waals surface area contributed by atoms with Crippen molar-refractivity contribution in [2.24, 2.45) is 0 Å². The molecule has 7 nitrogen and oxygen atoms in total. The lowest BCUT2D eigenvalue weighted by molar-refractivity contribution is -0.133. The second-order valence-corrected chi connectivity index (χ2v) is 6.83. The molecule has 1 amide bonds. The first-order valence-corrected chi connectivity index (χ1v) is 8.62. The van der Waals surface area contributed by atoms with Crippen molar-refractivity contribution in [3.63, 3.8) is 0 Å². The van der Waals surface area contributed by atoms with Gasteiger partial charge in [-0.3, -0.25) is 9.36 Å². The van der Waals surface area contributed by atoms with E-state index in [0.29, 0.717) is 36.8 Å². The average molecular weight is 366 g/mol. The van der Waals surface area contributed by atoms with Crippen LogP contribution in [-0.2, 0) is 17.8 Å². The smallest absolute Gasteiger partial charge is 0.338 e. The Morgan fingerprint density at radius 1 is 1.36 bits per heavy atom. The molecule has 9 heteroatoms. The molecular weight excluding hydrogens is 349 g/mol. The van der Waals surface area contributed by atoms with Crippen molar-refractivity contribution in [3.05, 3.63) is 45.4 Å². The third kappa shape index (κ3) is 2.95. The highest BCUT2D eigenvalue weighted by atomic mass is 35.5. The van der Waals surface area contributed by atoms with Crippen LogP contribution < -0.4 is 5.69 Å². The molecule has 2 aliphatic heterocycles. The van der Waals surface area contributed by atoms with Crippen molar-refractivity contribution in [2.75, 3.05) is 13.1 Å². The number of rotatable bonds is 3. The minimum absolute atomic E-state index is 0.115. The standard InChI is InChI=1S/C16H17ClFN5O2/c17-13-3-1-10(7-19-13)8-22-16(25)23-12(2-4-14(23)20-22)15(24)21-6-5-11(18)9-21/h1,3,7,11-12H,2,4-6,8-9H2/t11-,12?/m0/s1. The van der Waals surface area contributed by atoms with Gasteiger partial charge in [-0.25, -0.2) is 18.9 Å². The third-order valence-corrected chi connectivity index (χ3v) is 4.97. The number of pyridine rings is 1. The molecule has 1 fully saturated rings. The number of fused-ring (bicyclic) bond motifs is 1. The van der Waals surface area contributed by atoms with Gasteiger partial charge in [0, 0.05) is 19.2 Å². The fourth-order valence-corrected chi connectivity index (χ4v) is 3.59. The molecule has 2 atom stereocenters. The van der Waals surface area contributed by atoms with Crippen molar-refractivity contribution < 1.29 is 9.18 Å². The number of amides is 1. The number of aromatic nitrogens is 4. The maximum absolute atomic E-state index is 13.4. The molecule has 2 aromatic heterocycles. The van der Waals surface area contributed by atoms with E-state index in [9.17, 15) is 14.0 Å². The maximum atomic E-state index is 13.4. The lowest BCUT2D eigenvalue weighted by Crippen LogP contribution is -2.38. The van der Waals surface area contributed by atoms with Crippen molar-refractivity contribution in [1.29, 1.82) is 0 Å². The van der Waals surface area contributed by atoms with Crippen LogP contribution in [0.1, 0.15) is 30.3 Å². The first-order chi connectivity index (χ1) is 12.0. The quantitative estimate of drug-likeness (QED) is 0.766. The van der Waals surface area contributed by atoms with Crippen molar-refractivity contribution in [3.8, 4) is 0 Å². The van der Waals surface area contributed by atoms with Gasteiger partial charge in [0.1, 0.15) is 23.2 Å². The Hall–Kier alpha value is -2.22. The van der Waals surface area contributed by atoms with Gasteiger partial charge >= 0.3 is 5.69 Å². The van der Waals surface area contributed by atoms with E-state index in [2.05, 4.69) is 10.1 Å². The van der Waals surface area contributed by atoms with E-state index in [1.54, 1.807) is 18.3 Å². The van der Waals surface area contributed by atoms with Gasteiger partial charge in [0.25, 0.3) is 0 Å². The van der Waals surface area contributed by atoms with Crippen LogP contribution in [0.25, 0.3) is 0 Å². The summed E-state index contributed by atoms with van der Waals surface area (Å²) in [7, 11) is 0. The van der Waals surface area contributed by atoms with Crippen LogP contribution in [-0.4, -0.2) is 49.4 Å². The Labute approximate surface area is 148 Å². The summed E-state index contributed by atoms with van der Waals surface area (Å²) in [4.78, 5) is 30.9. The molecule has 0 saturated carbocycles. The minimum atomic E-state index is -0.971. The van der Waals surface area contributed by atoms with Gasteiger partial charge in [-0.05, 0) is 24.5 Å². The van der Waals surface area contributed by atoms with Gasteiger partial charge in [0.05, 0.1) is 13.1 Å². The highest BCUT2D eigenvalue weighted by Gasteiger charge is 2.37. The van der Waals surface area contributed by atoms with E-state index >= 15 is 0 Å².